The maximum absolute atomic E-state index is 13.5. The summed E-state index contributed by atoms with van der Waals surface area (Å²) in [6, 6.07) is 4.32. The summed E-state index contributed by atoms with van der Waals surface area (Å²) >= 11 is 0. The third-order valence-corrected chi connectivity index (χ3v) is 5.38. The normalized spacial score (nSPS) is 16.8. The molecule has 1 aliphatic heterocycles. The number of rotatable bonds is 4. The van der Waals surface area contributed by atoms with Gasteiger partial charge in [0.15, 0.2) is 0 Å². The number of benzene rings is 1. The monoisotopic (exact) mass is 328 g/mol. The fourth-order valence-electron chi connectivity index (χ4n) is 2.45. The van der Waals surface area contributed by atoms with Gasteiger partial charge in [-0.1, -0.05) is 6.07 Å². The minimum atomic E-state index is -3.22. The zero-order valence-electron chi connectivity index (χ0n) is 12.8. The Balaban J connectivity index is 1.96. The van der Waals surface area contributed by atoms with Crippen LogP contribution in [-0.4, -0.2) is 44.1 Å². The van der Waals surface area contributed by atoms with E-state index in [0.717, 1.165) is 0 Å². The summed E-state index contributed by atoms with van der Waals surface area (Å²) in [5.74, 6) is -0.554. The highest BCUT2D eigenvalue weighted by Crippen LogP contribution is 2.16. The number of halogens is 1. The number of nitrogens with one attached hydrogen (secondary N) is 1. The molecule has 0 atom stereocenters. The van der Waals surface area contributed by atoms with Crippen LogP contribution in [0.25, 0.3) is 0 Å². The van der Waals surface area contributed by atoms with Crippen molar-refractivity contribution in [2.24, 2.45) is 0 Å². The second kappa shape index (κ2) is 6.75. The van der Waals surface area contributed by atoms with Gasteiger partial charge in [-0.15, -0.1) is 0 Å². The standard InChI is InChI=1S/C15H21FN2O3S/c1-3-22(20,21)17-13-6-8-18(9-7-13)15(19)12-5-4-11(2)14(16)10-12/h4-5,10,13,17H,3,6-9H2,1-2H3. The molecule has 1 aliphatic rings. The fraction of sp³-hybridized carbons (Fsp3) is 0.533. The number of amides is 1. The van der Waals surface area contributed by atoms with E-state index in [0.29, 0.717) is 37.1 Å². The molecule has 1 amide bonds. The summed E-state index contributed by atoms with van der Waals surface area (Å²) in [6.45, 7) is 4.16. The molecule has 1 N–H and O–H groups in total. The maximum atomic E-state index is 13.5. The summed E-state index contributed by atoms with van der Waals surface area (Å²) < 4.78 is 39.3. The lowest BCUT2D eigenvalue weighted by Crippen LogP contribution is -2.46. The smallest absolute Gasteiger partial charge is 0.253 e. The Morgan fingerprint density at radius 1 is 1.36 bits per heavy atom. The van der Waals surface area contributed by atoms with Crippen molar-refractivity contribution in [2.75, 3.05) is 18.8 Å². The lowest BCUT2D eigenvalue weighted by atomic mass is 10.0. The Hall–Kier alpha value is -1.47. The molecule has 0 aromatic heterocycles. The molecule has 1 saturated heterocycles. The highest BCUT2D eigenvalue weighted by molar-refractivity contribution is 7.89. The minimum absolute atomic E-state index is 0.0504. The molecular formula is C15H21FN2O3S. The van der Waals surface area contributed by atoms with Crippen LogP contribution in [0.1, 0.15) is 35.7 Å². The first kappa shape index (κ1) is 16.9. The van der Waals surface area contributed by atoms with Crippen LogP contribution in [-0.2, 0) is 10.0 Å². The van der Waals surface area contributed by atoms with Gasteiger partial charge < -0.3 is 4.90 Å². The van der Waals surface area contributed by atoms with E-state index in [1.807, 2.05) is 0 Å². The van der Waals surface area contributed by atoms with Crippen LogP contribution in [0.3, 0.4) is 0 Å². The van der Waals surface area contributed by atoms with Crippen LogP contribution in [0.4, 0.5) is 4.39 Å². The van der Waals surface area contributed by atoms with E-state index in [4.69, 9.17) is 0 Å². The molecule has 0 bridgehead atoms. The van der Waals surface area contributed by atoms with E-state index >= 15 is 0 Å². The summed E-state index contributed by atoms with van der Waals surface area (Å²) in [7, 11) is -3.22. The lowest BCUT2D eigenvalue weighted by molar-refractivity contribution is 0.0711. The summed E-state index contributed by atoms with van der Waals surface area (Å²) in [5, 5.41) is 0. The van der Waals surface area contributed by atoms with Gasteiger partial charge in [-0.2, -0.15) is 0 Å². The van der Waals surface area contributed by atoms with Crippen molar-refractivity contribution in [1.82, 2.24) is 9.62 Å². The Morgan fingerprint density at radius 2 is 2.00 bits per heavy atom. The van der Waals surface area contributed by atoms with Crippen molar-refractivity contribution in [2.45, 2.75) is 32.7 Å². The predicted molar refractivity (Wildman–Crippen MR) is 82.7 cm³/mol. The van der Waals surface area contributed by atoms with E-state index in [2.05, 4.69) is 4.72 Å². The van der Waals surface area contributed by atoms with E-state index < -0.39 is 15.8 Å². The van der Waals surface area contributed by atoms with Crippen LogP contribution >= 0.6 is 0 Å². The van der Waals surface area contributed by atoms with Gasteiger partial charge in [0, 0.05) is 24.7 Å². The molecule has 1 fully saturated rings. The van der Waals surface area contributed by atoms with Gasteiger partial charge in [0.05, 0.1) is 5.75 Å². The van der Waals surface area contributed by atoms with Crippen LogP contribution in [0.2, 0.25) is 0 Å². The number of carbonyl (C=O) groups is 1. The fourth-order valence-corrected chi connectivity index (χ4v) is 3.36. The number of piperidine rings is 1. The second-order valence-electron chi connectivity index (χ2n) is 5.55. The third-order valence-electron chi connectivity index (χ3n) is 3.93. The van der Waals surface area contributed by atoms with Crippen molar-refractivity contribution in [3.63, 3.8) is 0 Å². The van der Waals surface area contributed by atoms with Crippen molar-refractivity contribution in [1.29, 1.82) is 0 Å². The molecule has 22 heavy (non-hydrogen) atoms. The first-order valence-electron chi connectivity index (χ1n) is 7.38. The third kappa shape index (κ3) is 4.04. The van der Waals surface area contributed by atoms with Crippen LogP contribution in [0, 0.1) is 12.7 Å². The molecule has 2 rings (SSSR count). The van der Waals surface area contributed by atoms with Crippen LogP contribution < -0.4 is 4.72 Å². The molecular weight excluding hydrogens is 307 g/mol. The van der Waals surface area contributed by atoms with Crippen LogP contribution in [0.15, 0.2) is 18.2 Å². The first-order valence-corrected chi connectivity index (χ1v) is 9.03. The molecule has 122 valence electrons. The largest absolute Gasteiger partial charge is 0.339 e. The Bertz CT molecular complexity index is 653. The van der Waals surface area contributed by atoms with Gasteiger partial charge in [0.2, 0.25) is 10.0 Å². The van der Waals surface area contributed by atoms with Crippen molar-refractivity contribution < 1.29 is 17.6 Å². The Labute approximate surface area is 130 Å². The quantitative estimate of drug-likeness (QED) is 0.914. The highest BCUT2D eigenvalue weighted by atomic mass is 32.2. The number of carbonyl (C=O) groups excluding carboxylic acids is 1. The SMILES string of the molecule is CCS(=O)(=O)NC1CCN(C(=O)c2ccc(C)c(F)c2)CC1. The summed E-state index contributed by atoms with van der Waals surface area (Å²) in [4.78, 5) is 14.0. The van der Waals surface area contributed by atoms with Crippen molar-refractivity contribution in [3.8, 4) is 0 Å². The zero-order chi connectivity index (χ0) is 16.3. The molecule has 0 saturated carbocycles. The topological polar surface area (TPSA) is 66.5 Å². The Morgan fingerprint density at radius 3 is 2.55 bits per heavy atom. The molecule has 0 radical (unpaired) electrons. The molecule has 0 unspecified atom stereocenters. The van der Waals surface area contributed by atoms with Crippen LogP contribution in [0.5, 0.6) is 0 Å². The minimum Gasteiger partial charge on any atom is -0.339 e. The van der Waals surface area contributed by atoms with E-state index in [9.17, 15) is 17.6 Å². The summed E-state index contributed by atoms with van der Waals surface area (Å²) in [6.07, 6.45) is 1.14. The van der Waals surface area contributed by atoms with E-state index in [1.165, 1.54) is 6.07 Å². The maximum Gasteiger partial charge on any atom is 0.253 e. The molecule has 1 aromatic rings. The average molecular weight is 328 g/mol. The number of hydrogen-bond acceptors (Lipinski definition) is 3. The molecule has 0 aliphatic carbocycles. The molecule has 7 heteroatoms. The van der Waals surface area contributed by atoms with E-state index in [-0.39, 0.29) is 17.7 Å². The number of hydrogen-bond donors (Lipinski definition) is 1. The second-order valence-corrected chi connectivity index (χ2v) is 7.59. The number of sulfonamides is 1. The lowest BCUT2D eigenvalue weighted by Gasteiger charge is -2.32. The Kier molecular flexibility index (Phi) is 5.18. The molecule has 0 spiro atoms. The first-order chi connectivity index (χ1) is 10.3. The van der Waals surface area contributed by atoms with Gasteiger partial charge >= 0.3 is 0 Å². The van der Waals surface area contributed by atoms with Gasteiger partial charge in [0.1, 0.15) is 5.82 Å². The number of aryl methyl sites for hydroxylation is 1. The van der Waals surface area contributed by atoms with Crippen molar-refractivity contribution in [3.05, 3.63) is 35.1 Å². The summed E-state index contributed by atoms with van der Waals surface area (Å²) in [5.41, 5.74) is 0.833. The average Bonchev–Trinajstić information content (AvgIpc) is 2.50. The molecule has 1 aromatic carbocycles. The molecule has 5 nitrogen and oxygen atoms in total. The van der Waals surface area contributed by atoms with Crippen molar-refractivity contribution >= 4 is 15.9 Å². The predicted octanol–water partition coefficient (Wildman–Crippen LogP) is 1.68. The van der Waals surface area contributed by atoms with Gasteiger partial charge in [0.25, 0.3) is 5.91 Å². The van der Waals surface area contributed by atoms with Gasteiger partial charge in [-0.3, -0.25) is 4.79 Å². The zero-order valence-corrected chi connectivity index (χ0v) is 13.6. The van der Waals surface area contributed by atoms with E-state index in [1.54, 1.807) is 30.9 Å². The number of nitrogens with zero attached hydrogens (tertiary/aromatic N) is 1. The highest BCUT2D eigenvalue weighted by Gasteiger charge is 2.26. The molecule has 1 heterocycles. The van der Waals surface area contributed by atoms with Gasteiger partial charge in [-0.25, -0.2) is 17.5 Å². The van der Waals surface area contributed by atoms with Gasteiger partial charge in [-0.05, 0) is 44.4 Å². The number of likely N-dealkylation sites (tertiary alicyclic amines) is 1.